The van der Waals surface area contributed by atoms with Crippen molar-refractivity contribution in [2.75, 3.05) is 37.6 Å². The van der Waals surface area contributed by atoms with Gasteiger partial charge in [-0.15, -0.1) is 0 Å². The van der Waals surface area contributed by atoms with Gasteiger partial charge in [0, 0.05) is 48.9 Å². The van der Waals surface area contributed by atoms with Crippen molar-refractivity contribution in [2.24, 2.45) is 5.73 Å². The minimum atomic E-state index is 0.575. The Kier molecular flexibility index (Phi) is 4.42. The second-order valence-corrected chi connectivity index (χ2v) is 5.52. The summed E-state index contributed by atoms with van der Waals surface area (Å²) < 4.78 is 1.15. The van der Waals surface area contributed by atoms with Gasteiger partial charge in [-0.2, -0.15) is 0 Å². The molecule has 4 heteroatoms. The van der Waals surface area contributed by atoms with Crippen LogP contribution in [-0.4, -0.2) is 43.7 Å². The average Bonchev–Trinajstić information content (AvgIpc) is 2.32. The smallest absolute Gasteiger partial charge is 0.0378 e. The second-order valence-electron chi connectivity index (χ2n) is 4.60. The maximum absolute atomic E-state index is 5.63. The molecule has 1 unspecified atom stereocenters. The van der Waals surface area contributed by atoms with Gasteiger partial charge >= 0.3 is 0 Å². The minimum absolute atomic E-state index is 0.575. The average molecular weight is 298 g/mol. The van der Waals surface area contributed by atoms with E-state index in [9.17, 15) is 0 Å². The summed E-state index contributed by atoms with van der Waals surface area (Å²) in [6.45, 7) is 7.30. The van der Waals surface area contributed by atoms with E-state index in [0.29, 0.717) is 6.04 Å². The third-order valence-corrected chi connectivity index (χ3v) is 3.85. The third kappa shape index (κ3) is 3.21. The Labute approximate surface area is 112 Å². The lowest BCUT2D eigenvalue weighted by atomic mass is 10.1. The molecule has 0 spiro atoms. The Balaban J connectivity index is 2.01. The van der Waals surface area contributed by atoms with Gasteiger partial charge < -0.3 is 10.6 Å². The summed E-state index contributed by atoms with van der Waals surface area (Å²) in [5, 5.41) is 0. The first-order valence-electron chi connectivity index (χ1n) is 6.15. The van der Waals surface area contributed by atoms with E-state index < -0.39 is 0 Å². The largest absolute Gasteiger partial charge is 0.369 e. The van der Waals surface area contributed by atoms with Gasteiger partial charge in [0.1, 0.15) is 0 Å². The van der Waals surface area contributed by atoms with E-state index in [1.807, 2.05) is 0 Å². The van der Waals surface area contributed by atoms with E-state index in [-0.39, 0.29) is 0 Å². The summed E-state index contributed by atoms with van der Waals surface area (Å²) in [7, 11) is 0. The van der Waals surface area contributed by atoms with Crippen LogP contribution in [0.25, 0.3) is 0 Å². The molecule has 0 radical (unpaired) electrons. The van der Waals surface area contributed by atoms with E-state index in [0.717, 1.165) is 37.2 Å². The van der Waals surface area contributed by atoms with Crippen LogP contribution < -0.4 is 10.6 Å². The van der Waals surface area contributed by atoms with Gasteiger partial charge in [-0.25, -0.2) is 0 Å². The molecule has 94 valence electrons. The normalized spacial score (nSPS) is 21.8. The summed E-state index contributed by atoms with van der Waals surface area (Å²) in [6.07, 6.45) is 0. The van der Waals surface area contributed by atoms with Crippen LogP contribution in [0.4, 0.5) is 5.69 Å². The molecular formula is C13H20BrN3. The lowest BCUT2D eigenvalue weighted by Crippen LogP contribution is -2.53. The number of rotatable bonds is 3. The highest BCUT2D eigenvalue weighted by Crippen LogP contribution is 2.22. The van der Waals surface area contributed by atoms with E-state index in [1.54, 1.807) is 0 Å². The molecule has 3 nitrogen and oxygen atoms in total. The van der Waals surface area contributed by atoms with E-state index in [2.05, 4.69) is 56.9 Å². The van der Waals surface area contributed by atoms with Crippen LogP contribution in [0.3, 0.4) is 0 Å². The number of benzene rings is 1. The highest BCUT2D eigenvalue weighted by atomic mass is 79.9. The monoisotopic (exact) mass is 297 g/mol. The first-order valence-corrected chi connectivity index (χ1v) is 6.94. The van der Waals surface area contributed by atoms with Gasteiger partial charge in [-0.1, -0.05) is 22.0 Å². The fourth-order valence-corrected chi connectivity index (χ4v) is 2.79. The molecule has 1 aliphatic heterocycles. The fraction of sp³-hybridized carbons (Fsp3) is 0.538. The molecule has 0 saturated carbocycles. The van der Waals surface area contributed by atoms with E-state index >= 15 is 0 Å². The molecule has 0 bridgehead atoms. The fourth-order valence-electron chi connectivity index (χ4n) is 2.40. The molecule has 0 aromatic heterocycles. The van der Waals surface area contributed by atoms with Crippen molar-refractivity contribution in [2.45, 2.75) is 13.0 Å². The van der Waals surface area contributed by atoms with Gasteiger partial charge in [0.05, 0.1) is 0 Å². The Hall–Kier alpha value is -0.580. The number of hydrogen-bond acceptors (Lipinski definition) is 3. The van der Waals surface area contributed by atoms with Crippen LogP contribution in [-0.2, 0) is 0 Å². The highest BCUT2D eigenvalue weighted by molar-refractivity contribution is 9.10. The summed E-state index contributed by atoms with van der Waals surface area (Å²) in [6, 6.07) is 9.10. The first-order chi connectivity index (χ1) is 8.20. The quantitative estimate of drug-likeness (QED) is 0.925. The van der Waals surface area contributed by atoms with E-state index in [1.165, 1.54) is 5.69 Å². The van der Waals surface area contributed by atoms with Crippen molar-refractivity contribution in [3.05, 3.63) is 28.7 Å². The predicted octanol–water partition coefficient (Wildman–Crippen LogP) is 1.92. The zero-order chi connectivity index (χ0) is 12.3. The summed E-state index contributed by atoms with van der Waals surface area (Å²) in [5.74, 6) is 0. The molecule has 1 heterocycles. The molecule has 2 rings (SSSR count). The molecule has 1 saturated heterocycles. The maximum atomic E-state index is 5.63. The predicted molar refractivity (Wildman–Crippen MR) is 76.4 cm³/mol. The number of piperazine rings is 1. The minimum Gasteiger partial charge on any atom is -0.369 e. The van der Waals surface area contributed by atoms with Gasteiger partial charge in [0.25, 0.3) is 0 Å². The van der Waals surface area contributed by atoms with Crippen molar-refractivity contribution in [1.29, 1.82) is 0 Å². The molecule has 17 heavy (non-hydrogen) atoms. The molecule has 2 N–H and O–H groups in total. The summed E-state index contributed by atoms with van der Waals surface area (Å²) >= 11 is 3.53. The lowest BCUT2D eigenvalue weighted by Gasteiger charge is -2.40. The van der Waals surface area contributed by atoms with Crippen LogP contribution in [0.2, 0.25) is 0 Å². The number of nitrogens with two attached hydrogens (primary N) is 1. The SMILES string of the molecule is CC1CN(c2cccc(Br)c2)CCN1CCN. The Morgan fingerprint density at radius 2 is 2.24 bits per heavy atom. The number of anilines is 1. The van der Waals surface area contributed by atoms with Gasteiger partial charge in [0.15, 0.2) is 0 Å². The van der Waals surface area contributed by atoms with Gasteiger partial charge in [-0.3, -0.25) is 4.90 Å². The van der Waals surface area contributed by atoms with Gasteiger partial charge in [0.2, 0.25) is 0 Å². The summed E-state index contributed by atoms with van der Waals surface area (Å²) in [5.41, 5.74) is 6.93. The standard InChI is InChI=1S/C13H20BrN3/c1-11-10-17(8-7-16(11)6-5-15)13-4-2-3-12(14)9-13/h2-4,9,11H,5-8,10,15H2,1H3. The topological polar surface area (TPSA) is 32.5 Å². The van der Waals surface area contributed by atoms with Gasteiger partial charge in [-0.05, 0) is 25.1 Å². The Bertz CT molecular complexity index is 369. The van der Waals surface area contributed by atoms with Crippen molar-refractivity contribution < 1.29 is 0 Å². The zero-order valence-electron chi connectivity index (χ0n) is 10.3. The molecule has 1 fully saturated rings. The van der Waals surface area contributed by atoms with Crippen molar-refractivity contribution in [1.82, 2.24) is 4.90 Å². The van der Waals surface area contributed by atoms with Crippen LogP contribution in [0.1, 0.15) is 6.92 Å². The Morgan fingerprint density at radius 3 is 2.88 bits per heavy atom. The Morgan fingerprint density at radius 1 is 1.41 bits per heavy atom. The molecule has 1 atom stereocenters. The number of halogens is 1. The van der Waals surface area contributed by atoms with Crippen molar-refractivity contribution in [3.8, 4) is 0 Å². The van der Waals surface area contributed by atoms with Crippen LogP contribution in [0.5, 0.6) is 0 Å². The molecule has 1 aromatic rings. The third-order valence-electron chi connectivity index (χ3n) is 3.35. The van der Waals surface area contributed by atoms with E-state index in [4.69, 9.17) is 5.73 Å². The molecule has 1 aliphatic rings. The second kappa shape index (κ2) is 5.85. The number of hydrogen-bond donors (Lipinski definition) is 1. The van der Waals surface area contributed by atoms with Crippen LogP contribution in [0.15, 0.2) is 28.7 Å². The molecular weight excluding hydrogens is 278 g/mol. The van der Waals surface area contributed by atoms with Crippen LogP contribution >= 0.6 is 15.9 Å². The maximum Gasteiger partial charge on any atom is 0.0378 e. The highest BCUT2D eigenvalue weighted by Gasteiger charge is 2.22. The lowest BCUT2D eigenvalue weighted by molar-refractivity contribution is 0.195. The zero-order valence-corrected chi connectivity index (χ0v) is 11.9. The first kappa shape index (κ1) is 12.9. The number of nitrogens with zero attached hydrogens (tertiary/aromatic N) is 2. The van der Waals surface area contributed by atoms with Crippen molar-refractivity contribution >= 4 is 21.6 Å². The van der Waals surface area contributed by atoms with Crippen molar-refractivity contribution in [3.63, 3.8) is 0 Å². The molecule has 0 aliphatic carbocycles. The molecule has 1 aromatic carbocycles. The van der Waals surface area contributed by atoms with Crippen LogP contribution in [0, 0.1) is 0 Å². The summed E-state index contributed by atoms with van der Waals surface area (Å²) in [4.78, 5) is 4.91. The molecule has 0 amide bonds.